The quantitative estimate of drug-likeness (QED) is 0.406. The maximum Gasteiger partial charge on any atom is 0.302 e. The fraction of sp³-hybridized carbons (Fsp3) is 0.889. The predicted octanol–water partition coefficient (Wildman–Crippen LogP) is 4.36. The predicted molar refractivity (Wildman–Crippen MR) is 90.7 cm³/mol. The van der Waals surface area contributed by atoms with E-state index in [0.717, 1.165) is 12.8 Å². The molecule has 0 radical (unpaired) electrons. The lowest BCUT2D eigenvalue weighted by Crippen LogP contribution is -2.42. The smallest absolute Gasteiger partial charge is 0.302 e. The van der Waals surface area contributed by atoms with Gasteiger partial charge in [-0.25, -0.2) is 0 Å². The summed E-state index contributed by atoms with van der Waals surface area (Å²) in [4.78, 5) is 22.3. The standard InChI is InChI=1S/C18H35NO3/c1-5-6-7-8-9-10-11-12-13-14-18(22-17(4)21)15(2)19-16(3)20/h15,18H,5-14H2,1-4H3,(H,19,20)/t15-,18+/m0/s1. The Hall–Kier alpha value is -1.06. The van der Waals surface area contributed by atoms with Crippen LogP contribution in [0.5, 0.6) is 0 Å². The number of hydrogen-bond donors (Lipinski definition) is 1. The monoisotopic (exact) mass is 313 g/mol. The molecular formula is C18H35NO3. The van der Waals surface area contributed by atoms with Crippen molar-refractivity contribution < 1.29 is 14.3 Å². The average Bonchev–Trinajstić information content (AvgIpc) is 2.43. The fourth-order valence-electron chi connectivity index (χ4n) is 2.69. The lowest BCUT2D eigenvalue weighted by molar-refractivity contribution is -0.148. The number of rotatable bonds is 13. The van der Waals surface area contributed by atoms with Gasteiger partial charge in [0.25, 0.3) is 0 Å². The van der Waals surface area contributed by atoms with Crippen molar-refractivity contribution in [3.63, 3.8) is 0 Å². The van der Waals surface area contributed by atoms with Crippen LogP contribution in [0.1, 0.15) is 91.9 Å². The third kappa shape index (κ3) is 12.7. The van der Waals surface area contributed by atoms with E-state index in [9.17, 15) is 9.59 Å². The molecule has 0 aliphatic carbocycles. The highest BCUT2D eigenvalue weighted by Crippen LogP contribution is 2.14. The number of unbranched alkanes of at least 4 members (excludes halogenated alkanes) is 8. The van der Waals surface area contributed by atoms with Gasteiger partial charge in [0.15, 0.2) is 0 Å². The molecule has 1 amide bonds. The fourth-order valence-corrected chi connectivity index (χ4v) is 2.69. The van der Waals surface area contributed by atoms with Crippen LogP contribution >= 0.6 is 0 Å². The van der Waals surface area contributed by atoms with Gasteiger partial charge in [-0.1, -0.05) is 58.3 Å². The van der Waals surface area contributed by atoms with Gasteiger partial charge < -0.3 is 10.1 Å². The molecule has 0 bridgehead atoms. The summed E-state index contributed by atoms with van der Waals surface area (Å²) in [5, 5.41) is 2.81. The molecule has 130 valence electrons. The summed E-state index contributed by atoms with van der Waals surface area (Å²) in [5.74, 6) is -0.366. The van der Waals surface area contributed by atoms with Crippen molar-refractivity contribution in [2.45, 2.75) is 104 Å². The van der Waals surface area contributed by atoms with Crippen LogP contribution in [0.4, 0.5) is 0 Å². The summed E-state index contributed by atoms with van der Waals surface area (Å²) in [5.41, 5.74) is 0. The van der Waals surface area contributed by atoms with E-state index in [0.29, 0.717) is 0 Å². The van der Waals surface area contributed by atoms with Gasteiger partial charge in [-0.15, -0.1) is 0 Å². The van der Waals surface area contributed by atoms with Gasteiger partial charge in [0.2, 0.25) is 5.91 Å². The number of carbonyl (C=O) groups is 2. The van der Waals surface area contributed by atoms with Crippen LogP contribution < -0.4 is 5.32 Å². The van der Waals surface area contributed by atoms with Gasteiger partial charge in [0.1, 0.15) is 6.10 Å². The second kappa shape index (κ2) is 13.6. The number of nitrogens with one attached hydrogen (secondary N) is 1. The van der Waals surface area contributed by atoms with Gasteiger partial charge in [-0.3, -0.25) is 9.59 Å². The number of esters is 1. The van der Waals surface area contributed by atoms with Crippen molar-refractivity contribution in [3.8, 4) is 0 Å². The molecule has 1 N–H and O–H groups in total. The van der Waals surface area contributed by atoms with E-state index in [4.69, 9.17) is 4.74 Å². The lowest BCUT2D eigenvalue weighted by Gasteiger charge is -2.24. The van der Waals surface area contributed by atoms with Crippen LogP contribution in [0.3, 0.4) is 0 Å². The topological polar surface area (TPSA) is 55.4 Å². The average molecular weight is 313 g/mol. The van der Waals surface area contributed by atoms with Crippen LogP contribution in [-0.4, -0.2) is 24.0 Å². The Morgan fingerprint density at radius 3 is 1.86 bits per heavy atom. The first kappa shape index (κ1) is 20.9. The zero-order valence-electron chi connectivity index (χ0n) is 15.0. The highest BCUT2D eigenvalue weighted by atomic mass is 16.5. The minimum atomic E-state index is -0.280. The minimum Gasteiger partial charge on any atom is -0.460 e. The summed E-state index contributed by atoms with van der Waals surface area (Å²) in [6.07, 6.45) is 12.0. The lowest BCUT2D eigenvalue weighted by atomic mass is 10.0. The van der Waals surface area contributed by atoms with Crippen molar-refractivity contribution in [3.05, 3.63) is 0 Å². The number of carbonyl (C=O) groups excluding carboxylic acids is 2. The normalized spacial score (nSPS) is 13.5. The number of amides is 1. The molecule has 0 aromatic rings. The van der Waals surface area contributed by atoms with Crippen molar-refractivity contribution in [2.24, 2.45) is 0 Å². The Labute approximate surface area is 136 Å². The van der Waals surface area contributed by atoms with E-state index in [2.05, 4.69) is 12.2 Å². The Kier molecular flexibility index (Phi) is 12.9. The third-order valence-corrected chi connectivity index (χ3v) is 3.90. The molecular weight excluding hydrogens is 278 g/mol. The van der Waals surface area contributed by atoms with Crippen molar-refractivity contribution in [1.82, 2.24) is 5.32 Å². The summed E-state index contributed by atoms with van der Waals surface area (Å²) in [6.45, 7) is 7.04. The zero-order valence-corrected chi connectivity index (χ0v) is 15.0. The molecule has 0 heterocycles. The van der Waals surface area contributed by atoms with Crippen LogP contribution in [0, 0.1) is 0 Å². The SMILES string of the molecule is CCCCCCCCCCC[C@@H](OC(C)=O)[C@H](C)NC(C)=O. The molecule has 0 aromatic heterocycles. The molecule has 0 aliphatic rings. The van der Waals surface area contributed by atoms with Crippen LogP contribution in [0.25, 0.3) is 0 Å². The highest BCUT2D eigenvalue weighted by Gasteiger charge is 2.20. The van der Waals surface area contributed by atoms with E-state index < -0.39 is 0 Å². The molecule has 0 aliphatic heterocycles. The highest BCUT2D eigenvalue weighted by molar-refractivity contribution is 5.73. The van der Waals surface area contributed by atoms with Gasteiger partial charge in [0.05, 0.1) is 6.04 Å². The second-order valence-corrected chi connectivity index (χ2v) is 6.25. The molecule has 2 atom stereocenters. The first-order valence-electron chi connectivity index (χ1n) is 8.91. The first-order chi connectivity index (χ1) is 10.5. The Morgan fingerprint density at radius 1 is 0.909 bits per heavy atom. The molecule has 0 unspecified atom stereocenters. The molecule has 0 saturated carbocycles. The molecule has 0 spiro atoms. The minimum absolute atomic E-state index is 0.0864. The van der Waals surface area contributed by atoms with Crippen molar-refractivity contribution >= 4 is 11.9 Å². The first-order valence-corrected chi connectivity index (χ1v) is 8.91. The Bertz CT molecular complexity index is 305. The van der Waals surface area contributed by atoms with E-state index in [-0.39, 0.29) is 24.0 Å². The summed E-state index contributed by atoms with van der Waals surface area (Å²) in [6, 6.07) is -0.129. The Morgan fingerprint density at radius 2 is 1.41 bits per heavy atom. The van der Waals surface area contributed by atoms with Gasteiger partial charge in [-0.05, 0) is 19.8 Å². The van der Waals surface area contributed by atoms with Crippen LogP contribution in [-0.2, 0) is 14.3 Å². The largest absolute Gasteiger partial charge is 0.460 e. The van der Waals surface area contributed by atoms with Crippen LogP contribution in [0.2, 0.25) is 0 Å². The molecule has 0 rings (SSSR count). The zero-order chi connectivity index (χ0) is 16.8. The van der Waals surface area contributed by atoms with Gasteiger partial charge in [-0.2, -0.15) is 0 Å². The number of ether oxygens (including phenoxy) is 1. The molecule has 4 heteroatoms. The molecule has 4 nitrogen and oxygen atoms in total. The Balaban J connectivity index is 3.79. The van der Waals surface area contributed by atoms with Crippen molar-refractivity contribution in [1.29, 1.82) is 0 Å². The van der Waals surface area contributed by atoms with E-state index in [1.807, 2.05) is 6.92 Å². The molecule has 22 heavy (non-hydrogen) atoms. The van der Waals surface area contributed by atoms with Gasteiger partial charge in [0, 0.05) is 13.8 Å². The summed E-state index contributed by atoms with van der Waals surface area (Å²) >= 11 is 0. The van der Waals surface area contributed by atoms with E-state index in [1.165, 1.54) is 65.2 Å². The van der Waals surface area contributed by atoms with Crippen LogP contribution in [0.15, 0.2) is 0 Å². The maximum atomic E-state index is 11.2. The van der Waals surface area contributed by atoms with E-state index in [1.54, 1.807) is 0 Å². The summed E-state index contributed by atoms with van der Waals surface area (Å²) in [7, 11) is 0. The summed E-state index contributed by atoms with van der Waals surface area (Å²) < 4.78 is 5.33. The molecule has 0 saturated heterocycles. The third-order valence-electron chi connectivity index (χ3n) is 3.90. The number of hydrogen-bond acceptors (Lipinski definition) is 3. The maximum absolute atomic E-state index is 11.2. The van der Waals surface area contributed by atoms with E-state index >= 15 is 0 Å². The second-order valence-electron chi connectivity index (χ2n) is 6.25. The van der Waals surface area contributed by atoms with Crippen molar-refractivity contribution in [2.75, 3.05) is 0 Å². The van der Waals surface area contributed by atoms with Gasteiger partial charge >= 0.3 is 5.97 Å². The molecule has 0 aromatic carbocycles. The molecule has 0 fully saturated rings.